The molecular weight excluding hydrogens is 484 g/mol. The molecule has 7 heteroatoms. The first-order valence-electron chi connectivity index (χ1n) is 12.6. The number of carboxylic acids is 1. The lowest BCUT2D eigenvalue weighted by Gasteiger charge is -2.27. The van der Waals surface area contributed by atoms with Crippen molar-refractivity contribution >= 4 is 16.7 Å². The minimum Gasteiger partial charge on any atom is -0.497 e. The molecule has 1 saturated heterocycles. The van der Waals surface area contributed by atoms with Crippen molar-refractivity contribution in [3.05, 3.63) is 95.1 Å². The summed E-state index contributed by atoms with van der Waals surface area (Å²) >= 11 is 0. The molecule has 2 unspecified atom stereocenters. The van der Waals surface area contributed by atoms with E-state index in [0.29, 0.717) is 54.1 Å². The van der Waals surface area contributed by atoms with Crippen molar-refractivity contribution in [3.8, 4) is 22.6 Å². The van der Waals surface area contributed by atoms with Crippen LogP contribution in [0.5, 0.6) is 11.5 Å². The number of benzene rings is 4. The number of hydrogen-bond acceptors (Lipinski definition) is 6. The van der Waals surface area contributed by atoms with Gasteiger partial charge >= 0.3 is 5.97 Å². The predicted molar refractivity (Wildman–Crippen MR) is 144 cm³/mol. The standard InChI is InChI=1S/C31H30O7/c1-36-24-7-3-6-21(13-24)30-26-9-8-25(14-22(26)15-27(31(34)35)28(30)17-32)38-18-19-4-2-5-20(12-19)29-16-23(33)10-11-37-29/h2-9,12-15,23,29,32-33H,10-11,16-18H2,1H3,(H,34,35). The molecule has 196 valence electrons. The van der Waals surface area contributed by atoms with E-state index in [2.05, 4.69) is 0 Å². The number of ether oxygens (including phenoxy) is 3. The molecule has 1 aliphatic heterocycles. The van der Waals surface area contributed by atoms with Crippen LogP contribution in [0.1, 0.15) is 46.0 Å². The minimum absolute atomic E-state index is 0.0392. The first-order chi connectivity index (χ1) is 18.5. The van der Waals surface area contributed by atoms with E-state index in [1.807, 2.05) is 66.7 Å². The fourth-order valence-electron chi connectivity index (χ4n) is 5.04. The highest BCUT2D eigenvalue weighted by molar-refractivity contribution is 6.05. The smallest absolute Gasteiger partial charge is 0.336 e. The second-order valence-electron chi connectivity index (χ2n) is 9.43. The van der Waals surface area contributed by atoms with Gasteiger partial charge < -0.3 is 29.5 Å². The van der Waals surface area contributed by atoms with E-state index >= 15 is 0 Å². The van der Waals surface area contributed by atoms with Crippen molar-refractivity contribution in [1.29, 1.82) is 0 Å². The van der Waals surface area contributed by atoms with Crippen LogP contribution < -0.4 is 9.47 Å². The third kappa shape index (κ3) is 5.36. The quantitative estimate of drug-likeness (QED) is 0.285. The molecule has 1 heterocycles. The molecule has 1 fully saturated rings. The fourth-order valence-corrected chi connectivity index (χ4v) is 5.04. The summed E-state index contributed by atoms with van der Waals surface area (Å²) < 4.78 is 17.3. The Morgan fingerprint density at radius 3 is 2.63 bits per heavy atom. The van der Waals surface area contributed by atoms with Crippen molar-refractivity contribution in [3.63, 3.8) is 0 Å². The lowest BCUT2D eigenvalue weighted by atomic mass is 9.89. The number of hydrogen-bond donors (Lipinski definition) is 3. The Hall–Kier alpha value is -3.91. The third-order valence-electron chi connectivity index (χ3n) is 6.95. The number of aromatic carboxylic acids is 1. The lowest BCUT2D eigenvalue weighted by molar-refractivity contribution is -0.0448. The van der Waals surface area contributed by atoms with Crippen LogP contribution in [0.4, 0.5) is 0 Å². The number of rotatable bonds is 8. The van der Waals surface area contributed by atoms with Gasteiger partial charge in [-0.15, -0.1) is 0 Å². The Balaban J connectivity index is 1.47. The van der Waals surface area contributed by atoms with Gasteiger partial charge in [0.25, 0.3) is 0 Å². The Bertz CT molecular complexity index is 1460. The average Bonchev–Trinajstić information content (AvgIpc) is 2.95. The Morgan fingerprint density at radius 2 is 1.87 bits per heavy atom. The Kier molecular flexibility index (Phi) is 7.60. The molecule has 5 rings (SSSR count). The number of aliphatic hydroxyl groups excluding tert-OH is 2. The molecule has 0 aromatic heterocycles. The van der Waals surface area contributed by atoms with Crippen molar-refractivity contribution in [2.45, 2.75) is 38.3 Å². The summed E-state index contributed by atoms with van der Waals surface area (Å²) in [5.41, 5.74) is 3.76. The minimum atomic E-state index is -1.11. The number of carbonyl (C=O) groups is 1. The van der Waals surface area contributed by atoms with E-state index in [-0.39, 0.29) is 17.8 Å². The van der Waals surface area contributed by atoms with Gasteiger partial charge in [0.2, 0.25) is 0 Å². The SMILES string of the molecule is COc1cccc(-c2c(CO)c(C(=O)O)cc3cc(OCc4cccc(C5CC(O)CCO5)c4)ccc23)c1. The van der Waals surface area contributed by atoms with Crippen LogP contribution in [0.25, 0.3) is 21.9 Å². The molecule has 0 radical (unpaired) electrons. The normalized spacial score (nSPS) is 17.3. The van der Waals surface area contributed by atoms with Crippen LogP contribution in [0.15, 0.2) is 72.8 Å². The van der Waals surface area contributed by atoms with E-state index in [1.54, 1.807) is 13.2 Å². The Morgan fingerprint density at radius 1 is 1.03 bits per heavy atom. The van der Waals surface area contributed by atoms with Gasteiger partial charge in [-0.05, 0) is 75.8 Å². The van der Waals surface area contributed by atoms with E-state index < -0.39 is 12.6 Å². The molecule has 4 aromatic rings. The molecule has 1 aliphatic rings. The molecule has 0 spiro atoms. The molecule has 0 saturated carbocycles. The van der Waals surface area contributed by atoms with Crippen LogP contribution in [0.3, 0.4) is 0 Å². The lowest BCUT2D eigenvalue weighted by Crippen LogP contribution is -2.23. The highest BCUT2D eigenvalue weighted by Gasteiger charge is 2.23. The van der Waals surface area contributed by atoms with E-state index in [1.165, 1.54) is 0 Å². The second-order valence-corrected chi connectivity index (χ2v) is 9.43. The van der Waals surface area contributed by atoms with Gasteiger partial charge in [0, 0.05) is 18.6 Å². The summed E-state index contributed by atoms with van der Waals surface area (Å²) in [6.45, 7) is 0.441. The first kappa shape index (κ1) is 25.7. The third-order valence-corrected chi connectivity index (χ3v) is 6.95. The van der Waals surface area contributed by atoms with Gasteiger partial charge in [-0.3, -0.25) is 0 Å². The summed E-state index contributed by atoms with van der Waals surface area (Å²) in [5, 5.41) is 31.5. The van der Waals surface area contributed by atoms with E-state index in [4.69, 9.17) is 14.2 Å². The highest BCUT2D eigenvalue weighted by atomic mass is 16.5. The first-order valence-corrected chi connectivity index (χ1v) is 12.6. The number of fused-ring (bicyclic) bond motifs is 1. The van der Waals surface area contributed by atoms with E-state index in [9.17, 15) is 20.1 Å². The molecule has 3 N–H and O–H groups in total. The van der Waals surface area contributed by atoms with Crippen molar-refractivity contribution in [1.82, 2.24) is 0 Å². The van der Waals surface area contributed by atoms with Crippen molar-refractivity contribution in [2.24, 2.45) is 0 Å². The molecule has 0 amide bonds. The van der Waals surface area contributed by atoms with Gasteiger partial charge in [0.1, 0.15) is 18.1 Å². The maximum atomic E-state index is 12.1. The summed E-state index contributed by atoms with van der Waals surface area (Å²) in [5.74, 6) is 0.116. The zero-order valence-electron chi connectivity index (χ0n) is 21.1. The average molecular weight is 515 g/mol. The molecule has 38 heavy (non-hydrogen) atoms. The van der Waals surface area contributed by atoms with Crippen LogP contribution in [-0.4, -0.2) is 41.1 Å². The fraction of sp³-hybridized carbons (Fsp3) is 0.258. The predicted octanol–water partition coefficient (Wildman–Crippen LogP) is 5.50. The van der Waals surface area contributed by atoms with Crippen molar-refractivity contribution < 1.29 is 34.3 Å². The van der Waals surface area contributed by atoms with Crippen LogP contribution in [-0.2, 0) is 18.0 Å². The second kappa shape index (κ2) is 11.2. The summed E-state index contributed by atoms with van der Waals surface area (Å²) in [6, 6.07) is 22.4. The van der Waals surface area contributed by atoms with Gasteiger partial charge in [-0.2, -0.15) is 0 Å². The number of aliphatic hydroxyl groups is 2. The maximum absolute atomic E-state index is 12.1. The van der Waals surface area contributed by atoms with Crippen LogP contribution >= 0.6 is 0 Å². The molecule has 0 aliphatic carbocycles. The van der Waals surface area contributed by atoms with Crippen LogP contribution in [0.2, 0.25) is 0 Å². The van der Waals surface area contributed by atoms with Crippen LogP contribution in [0, 0.1) is 0 Å². The molecule has 4 aromatic carbocycles. The summed E-state index contributed by atoms with van der Waals surface area (Å²) in [7, 11) is 1.57. The molecule has 2 atom stereocenters. The Labute approximate surface area is 220 Å². The van der Waals surface area contributed by atoms with Gasteiger partial charge in [0.15, 0.2) is 0 Å². The molecule has 0 bridgehead atoms. The molecular formula is C31H30O7. The summed E-state index contributed by atoms with van der Waals surface area (Å²) in [6.07, 6.45) is 0.746. The maximum Gasteiger partial charge on any atom is 0.336 e. The number of methoxy groups -OCH3 is 1. The van der Waals surface area contributed by atoms with Gasteiger partial charge in [-0.1, -0.05) is 36.4 Å². The summed E-state index contributed by atoms with van der Waals surface area (Å²) in [4.78, 5) is 12.1. The zero-order valence-corrected chi connectivity index (χ0v) is 21.1. The van der Waals surface area contributed by atoms with Gasteiger partial charge in [-0.25, -0.2) is 4.79 Å². The van der Waals surface area contributed by atoms with E-state index in [0.717, 1.165) is 22.1 Å². The molecule has 7 nitrogen and oxygen atoms in total. The highest BCUT2D eigenvalue weighted by Crippen LogP contribution is 2.38. The zero-order chi connectivity index (χ0) is 26.6. The monoisotopic (exact) mass is 514 g/mol. The van der Waals surface area contributed by atoms with Gasteiger partial charge in [0.05, 0.1) is 31.5 Å². The topological polar surface area (TPSA) is 105 Å². The van der Waals surface area contributed by atoms with Crippen molar-refractivity contribution in [2.75, 3.05) is 13.7 Å². The largest absolute Gasteiger partial charge is 0.497 e. The number of carboxylic acid groups (broad SMARTS) is 1.